The number of alkyl halides is 1. The van der Waals surface area contributed by atoms with Gasteiger partial charge in [-0.1, -0.05) is 0 Å². The van der Waals surface area contributed by atoms with Gasteiger partial charge in [0.25, 0.3) is 0 Å². The summed E-state index contributed by atoms with van der Waals surface area (Å²) in [5.74, 6) is 0.890. The van der Waals surface area contributed by atoms with E-state index >= 15 is 0 Å². The highest BCUT2D eigenvalue weighted by Gasteiger charge is 2.26. The number of methoxy groups -OCH3 is 2. The lowest BCUT2D eigenvalue weighted by molar-refractivity contribution is -0.107. The quantitative estimate of drug-likeness (QED) is 0.732. The van der Waals surface area contributed by atoms with E-state index in [1.807, 2.05) is 0 Å². The second-order valence-electron chi connectivity index (χ2n) is 4.56. The van der Waals surface area contributed by atoms with Crippen LogP contribution in [0.1, 0.15) is 31.4 Å². The molecular weight excluding hydrogens is 235 g/mol. The molecule has 0 aliphatic rings. The minimum absolute atomic E-state index is 0.403. The van der Waals surface area contributed by atoms with E-state index in [0.29, 0.717) is 29.9 Å². The highest BCUT2D eigenvalue weighted by molar-refractivity contribution is 5.54. The average molecular weight is 254 g/mol. The lowest BCUT2D eigenvalue weighted by atomic mass is 9.95. The smallest absolute Gasteiger partial charge is 0.167 e. The number of hydrogen-bond acceptors (Lipinski definition) is 3. The summed E-state index contributed by atoms with van der Waals surface area (Å²) in [6.45, 7) is 2.93. The third kappa shape index (κ3) is 3.22. The van der Waals surface area contributed by atoms with Gasteiger partial charge in [-0.3, -0.25) is 0 Å². The summed E-state index contributed by atoms with van der Waals surface area (Å²) < 4.78 is 24.6. The van der Waals surface area contributed by atoms with Crippen molar-refractivity contribution in [1.29, 1.82) is 0 Å². The first-order chi connectivity index (χ1) is 8.43. The Kier molecular flexibility index (Phi) is 4.70. The Labute approximate surface area is 107 Å². The molecule has 0 atom stereocenters. The Morgan fingerprint density at radius 1 is 1.28 bits per heavy atom. The number of halogens is 1. The lowest BCUT2D eigenvalue weighted by Crippen LogP contribution is -2.12. The number of carbonyl (C=O) groups excluding carboxylic acids is 1. The number of hydrogen-bond donors (Lipinski definition) is 0. The van der Waals surface area contributed by atoms with E-state index in [1.165, 1.54) is 28.1 Å². The van der Waals surface area contributed by atoms with Crippen LogP contribution in [0, 0.1) is 0 Å². The molecule has 0 heterocycles. The van der Waals surface area contributed by atoms with Gasteiger partial charge in [0.05, 0.1) is 14.2 Å². The van der Waals surface area contributed by atoms with Crippen molar-refractivity contribution in [3.63, 3.8) is 0 Å². The van der Waals surface area contributed by atoms with Crippen LogP contribution in [0.3, 0.4) is 0 Å². The van der Waals surface area contributed by atoms with Crippen LogP contribution in [-0.4, -0.2) is 20.5 Å². The fourth-order valence-electron chi connectivity index (χ4n) is 1.83. The largest absolute Gasteiger partial charge is 0.493 e. The zero-order chi connectivity index (χ0) is 13.8. The van der Waals surface area contributed by atoms with Gasteiger partial charge in [-0.05, 0) is 38.0 Å². The normalized spacial score (nSPS) is 11.2. The summed E-state index contributed by atoms with van der Waals surface area (Å²) in [4.78, 5) is 10.4. The maximum Gasteiger partial charge on any atom is 0.167 e. The summed E-state index contributed by atoms with van der Waals surface area (Å²) in [6.07, 6.45) is 1.81. The van der Waals surface area contributed by atoms with Gasteiger partial charge in [0.1, 0.15) is 12.0 Å². The molecule has 0 amide bonds. The fourth-order valence-corrected chi connectivity index (χ4v) is 1.83. The van der Waals surface area contributed by atoms with Gasteiger partial charge < -0.3 is 14.3 Å². The molecule has 0 saturated heterocycles. The molecule has 1 aromatic carbocycles. The number of rotatable bonds is 6. The van der Waals surface area contributed by atoms with Crippen molar-refractivity contribution >= 4 is 6.29 Å². The Hall–Kier alpha value is -1.58. The van der Waals surface area contributed by atoms with Crippen LogP contribution in [-0.2, 0) is 16.9 Å². The highest BCUT2D eigenvalue weighted by Crippen LogP contribution is 2.40. The monoisotopic (exact) mass is 254 g/mol. The van der Waals surface area contributed by atoms with E-state index < -0.39 is 5.67 Å². The van der Waals surface area contributed by atoms with Crippen LogP contribution in [0.5, 0.6) is 11.5 Å². The molecule has 1 rings (SSSR count). The Morgan fingerprint density at radius 2 is 1.94 bits per heavy atom. The van der Waals surface area contributed by atoms with Gasteiger partial charge in [0.15, 0.2) is 11.5 Å². The molecule has 0 aliphatic carbocycles. The minimum atomic E-state index is -1.53. The Balaban J connectivity index is 3.31. The first-order valence-electron chi connectivity index (χ1n) is 5.82. The Morgan fingerprint density at radius 3 is 2.39 bits per heavy atom. The van der Waals surface area contributed by atoms with Crippen molar-refractivity contribution in [3.05, 3.63) is 23.3 Å². The van der Waals surface area contributed by atoms with Crippen LogP contribution in [0.4, 0.5) is 4.39 Å². The number of carbonyl (C=O) groups is 1. The lowest BCUT2D eigenvalue weighted by Gasteiger charge is -2.21. The van der Waals surface area contributed by atoms with Crippen molar-refractivity contribution in [1.82, 2.24) is 0 Å². The zero-order valence-electron chi connectivity index (χ0n) is 11.2. The van der Waals surface area contributed by atoms with Gasteiger partial charge in [0, 0.05) is 12.0 Å². The van der Waals surface area contributed by atoms with Crippen molar-refractivity contribution in [3.8, 4) is 11.5 Å². The highest BCUT2D eigenvalue weighted by atomic mass is 19.1. The van der Waals surface area contributed by atoms with Crippen molar-refractivity contribution < 1.29 is 18.7 Å². The standard InChI is InChI=1S/C14H19FO3/c1-14(2,15)11-8-10(6-5-7-16)9-12(17-3)13(11)18-4/h7-9H,5-6H2,1-4H3. The van der Waals surface area contributed by atoms with Crippen LogP contribution < -0.4 is 9.47 Å². The number of ether oxygens (including phenoxy) is 2. The summed E-state index contributed by atoms with van der Waals surface area (Å²) in [6, 6.07) is 3.50. The predicted octanol–water partition coefficient (Wildman–Crippen LogP) is 3.04. The molecule has 18 heavy (non-hydrogen) atoms. The maximum absolute atomic E-state index is 14.2. The van der Waals surface area contributed by atoms with Crippen molar-refractivity contribution in [2.24, 2.45) is 0 Å². The molecule has 0 N–H and O–H groups in total. The van der Waals surface area contributed by atoms with Crippen LogP contribution in [0.25, 0.3) is 0 Å². The summed E-state index contributed by atoms with van der Waals surface area (Å²) in [7, 11) is 2.99. The molecule has 0 spiro atoms. The second-order valence-corrected chi connectivity index (χ2v) is 4.56. The average Bonchev–Trinajstić information content (AvgIpc) is 2.33. The van der Waals surface area contributed by atoms with Crippen molar-refractivity contribution in [2.45, 2.75) is 32.4 Å². The van der Waals surface area contributed by atoms with Gasteiger partial charge >= 0.3 is 0 Å². The first kappa shape index (κ1) is 14.5. The molecule has 0 aromatic heterocycles. The number of aldehydes is 1. The molecule has 0 fully saturated rings. The third-order valence-corrected chi connectivity index (χ3v) is 2.73. The molecule has 1 aromatic rings. The molecule has 0 unspecified atom stereocenters. The third-order valence-electron chi connectivity index (χ3n) is 2.73. The van der Waals surface area contributed by atoms with Gasteiger partial charge in [0.2, 0.25) is 0 Å². The van der Waals surface area contributed by atoms with E-state index in [1.54, 1.807) is 12.1 Å². The SMILES string of the molecule is COc1cc(CCC=O)cc(C(C)(C)F)c1OC. The van der Waals surface area contributed by atoms with Gasteiger partial charge in [-0.15, -0.1) is 0 Å². The number of benzene rings is 1. The first-order valence-corrected chi connectivity index (χ1v) is 5.82. The van der Waals surface area contributed by atoms with E-state index in [9.17, 15) is 9.18 Å². The summed E-state index contributed by atoms with van der Waals surface area (Å²) in [5.41, 5.74) is -0.235. The van der Waals surface area contributed by atoms with Gasteiger partial charge in [-0.2, -0.15) is 0 Å². The molecule has 4 heteroatoms. The fraction of sp³-hybridized carbons (Fsp3) is 0.500. The van der Waals surface area contributed by atoms with E-state index in [4.69, 9.17) is 9.47 Å². The molecule has 0 radical (unpaired) electrons. The van der Waals surface area contributed by atoms with Gasteiger partial charge in [-0.25, -0.2) is 4.39 Å². The molecule has 0 saturated carbocycles. The maximum atomic E-state index is 14.2. The topological polar surface area (TPSA) is 35.5 Å². The van der Waals surface area contributed by atoms with E-state index in [2.05, 4.69) is 0 Å². The zero-order valence-corrected chi connectivity index (χ0v) is 11.2. The van der Waals surface area contributed by atoms with E-state index in [-0.39, 0.29) is 0 Å². The molecule has 100 valence electrons. The molecular formula is C14H19FO3. The Bertz CT molecular complexity index is 422. The minimum Gasteiger partial charge on any atom is -0.493 e. The van der Waals surface area contributed by atoms with Crippen LogP contribution >= 0.6 is 0 Å². The molecule has 0 aliphatic heterocycles. The number of aryl methyl sites for hydroxylation is 1. The second kappa shape index (κ2) is 5.85. The van der Waals surface area contributed by atoms with Crippen LogP contribution in [0.15, 0.2) is 12.1 Å². The summed E-state index contributed by atoms with van der Waals surface area (Å²) in [5, 5.41) is 0. The summed E-state index contributed by atoms with van der Waals surface area (Å²) >= 11 is 0. The molecule has 0 bridgehead atoms. The predicted molar refractivity (Wildman–Crippen MR) is 68.1 cm³/mol. The van der Waals surface area contributed by atoms with E-state index in [0.717, 1.165) is 11.8 Å². The van der Waals surface area contributed by atoms with Crippen molar-refractivity contribution in [2.75, 3.05) is 14.2 Å². The van der Waals surface area contributed by atoms with Crippen LogP contribution in [0.2, 0.25) is 0 Å². The molecule has 3 nitrogen and oxygen atoms in total.